The van der Waals surface area contributed by atoms with Crippen LogP contribution in [0.25, 0.3) is 0 Å². The Morgan fingerprint density at radius 1 is 1.26 bits per heavy atom. The third-order valence-corrected chi connectivity index (χ3v) is 6.68. The van der Waals surface area contributed by atoms with Crippen LogP contribution in [0.2, 0.25) is 5.02 Å². The summed E-state index contributed by atoms with van der Waals surface area (Å²) in [6, 6.07) is 7.99. The molecule has 0 amide bonds. The number of nitrogens with one attached hydrogen (secondary N) is 1. The number of aromatic amines is 1. The van der Waals surface area contributed by atoms with Crippen molar-refractivity contribution in [3.8, 4) is 0 Å². The zero-order chi connectivity index (χ0) is 22.2. The molecule has 0 unspecified atom stereocenters. The van der Waals surface area contributed by atoms with Crippen molar-refractivity contribution in [2.24, 2.45) is 0 Å². The summed E-state index contributed by atoms with van der Waals surface area (Å²) in [5.41, 5.74) is -0.723. The number of hydrogen-bond donors (Lipinski definition) is 3. The Balaban J connectivity index is 1.43. The highest BCUT2D eigenvalue weighted by Crippen LogP contribution is 2.57. The first-order chi connectivity index (χ1) is 14.8. The minimum atomic E-state index is -3.99. The van der Waals surface area contributed by atoms with E-state index in [1.807, 2.05) is 4.98 Å². The van der Waals surface area contributed by atoms with Gasteiger partial charge in [0.25, 0.3) is 5.56 Å². The van der Waals surface area contributed by atoms with Crippen LogP contribution >= 0.6 is 19.4 Å². The van der Waals surface area contributed by atoms with E-state index in [4.69, 9.17) is 29.9 Å². The second-order valence-corrected chi connectivity index (χ2v) is 9.14. The van der Waals surface area contributed by atoms with Crippen LogP contribution in [0.15, 0.2) is 46.1 Å². The van der Waals surface area contributed by atoms with Crippen molar-refractivity contribution in [2.75, 3.05) is 13.2 Å². The van der Waals surface area contributed by atoms with Crippen LogP contribution in [-0.4, -0.2) is 51.3 Å². The Hall–Kier alpha value is -1.82. The molecule has 6 atom stereocenters. The van der Waals surface area contributed by atoms with Crippen LogP contribution in [-0.2, 0) is 22.9 Å². The lowest BCUT2D eigenvalue weighted by atomic mass is 10.1. The fourth-order valence-corrected chi connectivity index (χ4v) is 4.99. The highest BCUT2D eigenvalue weighted by atomic mass is 35.5. The molecule has 2 fully saturated rings. The Kier molecular flexibility index (Phi) is 6.47. The van der Waals surface area contributed by atoms with Crippen molar-refractivity contribution in [2.45, 2.75) is 37.1 Å². The van der Waals surface area contributed by atoms with Gasteiger partial charge >= 0.3 is 13.5 Å². The number of nitrogens with zero attached hydrogens (tertiary/aromatic N) is 1. The van der Waals surface area contributed by atoms with Gasteiger partial charge in [0.15, 0.2) is 6.23 Å². The van der Waals surface area contributed by atoms with Crippen LogP contribution in [0.5, 0.6) is 0 Å². The summed E-state index contributed by atoms with van der Waals surface area (Å²) < 4.78 is 35.4. The summed E-state index contributed by atoms with van der Waals surface area (Å²) in [7, 11) is -3.99. The van der Waals surface area contributed by atoms with Gasteiger partial charge in [-0.25, -0.2) is 9.36 Å². The normalized spacial score (nSPS) is 33.5. The molecule has 1 aromatic heterocycles. The molecule has 0 radical (unpaired) electrons. The number of aromatic nitrogens is 2. The van der Waals surface area contributed by atoms with Crippen LogP contribution in [0.3, 0.4) is 0 Å². The first kappa shape index (κ1) is 22.4. The zero-order valence-corrected chi connectivity index (χ0v) is 17.6. The smallest absolute Gasteiger partial charge is 0.387 e. The number of phosphoric ester groups is 1. The molecule has 2 aliphatic heterocycles. The highest BCUT2D eigenvalue weighted by Gasteiger charge is 2.46. The van der Waals surface area contributed by atoms with Gasteiger partial charge in [-0.05, 0) is 17.7 Å². The molecule has 2 aromatic rings. The number of ether oxygens (including phenoxy) is 1. The number of phosphoric acid groups is 1. The van der Waals surface area contributed by atoms with E-state index in [1.165, 1.54) is 0 Å². The Morgan fingerprint density at radius 3 is 2.81 bits per heavy atom. The van der Waals surface area contributed by atoms with E-state index in [2.05, 4.69) is 0 Å². The van der Waals surface area contributed by atoms with Gasteiger partial charge in [-0.2, -0.15) is 0 Å². The average Bonchev–Trinajstić information content (AvgIpc) is 3.01. The third kappa shape index (κ3) is 4.84. The number of aliphatic hydroxyl groups is 2. The van der Waals surface area contributed by atoms with Crippen LogP contribution < -0.4 is 11.2 Å². The molecular formula is C18H20ClN2O9P. The molecular weight excluding hydrogens is 455 g/mol. The number of H-pyrrole nitrogens is 1. The summed E-state index contributed by atoms with van der Waals surface area (Å²) in [5.74, 6) is 0. The molecule has 2 aliphatic rings. The van der Waals surface area contributed by atoms with Crippen molar-refractivity contribution in [1.29, 1.82) is 0 Å². The Labute approximate surface area is 180 Å². The van der Waals surface area contributed by atoms with E-state index in [9.17, 15) is 24.4 Å². The zero-order valence-electron chi connectivity index (χ0n) is 16.0. The van der Waals surface area contributed by atoms with Gasteiger partial charge in [0.2, 0.25) is 0 Å². The predicted molar refractivity (Wildman–Crippen MR) is 107 cm³/mol. The minimum Gasteiger partial charge on any atom is -0.387 e. The molecule has 13 heteroatoms. The fourth-order valence-electron chi connectivity index (χ4n) is 3.40. The standard InChI is InChI=1S/C18H20ClN2O9P/c19-11-3-1-2-10(8-11)12-5-7-27-31(26,30-12)28-9-13-15(23)16(24)17(29-13)21-6-4-14(22)20-18(21)25/h1-4,6,8,12-13,15-17,23-24H,5,7,9H2,(H,20,22,25)/t12-,13+,15+,16+,17+,31-/m0/s1. The van der Waals surface area contributed by atoms with Gasteiger partial charge in [0.05, 0.1) is 19.3 Å². The summed E-state index contributed by atoms with van der Waals surface area (Å²) in [5, 5.41) is 21.1. The second kappa shape index (κ2) is 8.97. The molecule has 1 aromatic carbocycles. The summed E-state index contributed by atoms with van der Waals surface area (Å²) in [4.78, 5) is 25.2. The van der Waals surface area contributed by atoms with E-state index in [1.54, 1.807) is 24.3 Å². The summed E-state index contributed by atoms with van der Waals surface area (Å²) in [6.07, 6.45) is -4.35. The third-order valence-electron chi connectivity index (χ3n) is 4.97. The Bertz CT molecular complexity index is 1110. The number of hydrogen-bond acceptors (Lipinski definition) is 9. The molecule has 0 bridgehead atoms. The molecule has 2 saturated heterocycles. The number of benzene rings is 1. The monoisotopic (exact) mass is 474 g/mol. The lowest BCUT2D eigenvalue weighted by Gasteiger charge is -2.29. The molecule has 0 aliphatic carbocycles. The fraction of sp³-hybridized carbons (Fsp3) is 0.444. The lowest BCUT2D eigenvalue weighted by molar-refractivity contribution is -0.0610. The second-order valence-electron chi connectivity index (χ2n) is 7.08. The molecule has 31 heavy (non-hydrogen) atoms. The SMILES string of the molecule is O=c1ccn([C@@H]2O[C@H](CO[P@]3(=O)OCC[C@@H](c4cccc(Cl)c4)O3)[C@@H](O)[C@H]2O)c(=O)[nH]1. The lowest BCUT2D eigenvalue weighted by Crippen LogP contribution is -2.37. The van der Waals surface area contributed by atoms with Crippen LogP contribution in [0.1, 0.15) is 24.3 Å². The van der Waals surface area contributed by atoms with Gasteiger partial charge in [-0.1, -0.05) is 23.7 Å². The average molecular weight is 475 g/mol. The molecule has 168 valence electrons. The number of halogens is 1. The van der Waals surface area contributed by atoms with E-state index in [0.717, 1.165) is 16.8 Å². The van der Waals surface area contributed by atoms with Gasteiger partial charge in [-0.15, -0.1) is 0 Å². The van der Waals surface area contributed by atoms with E-state index in [0.29, 0.717) is 17.0 Å². The molecule has 3 N–H and O–H groups in total. The first-order valence-electron chi connectivity index (χ1n) is 9.42. The quantitative estimate of drug-likeness (QED) is 0.541. The minimum absolute atomic E-state index is 0.112. The molecule has 3 heterocycles. The predicted octanol–water partition coefficient (Wildman–Crippen LogP) is 1.11. The van der Waals surface area contributed by atoms with E-state index < -0.39 is 56.3 Å². The maximum absolute atomic E-state index is 12.9. The van der Waals surface area contributed by atoms with E-state index in [-0.39, 0.29) is 6.61 Å². The maximum atomic E-state index is 12.9. The largest absolute Gasteiger partial charge is 0.475 e. The van der Waals surface area contributed by atoms with Gasteiger partial charge < -0.3 is 14.9 Å². The van der Waals surface area contributed by atoms with Crippen molar-refractivity contribution in [3.63, 3.8) is 0 Å². The Morgan fingerprint density at radius 2 is 2.06 bits per heavy atom. The molecule has 4 rings (SSSR count). The molecule has 0 spiro atoms. The van der Waals surface area contributed by atoms with Crippen molar-refractivity contribution >= 4 is 19.4 Å². The topological polar surface area (TPSA) is 149 Å². The van der Waals surface area contributed by atoms with Crippen molar-refractivity contribution in [3.05, 3.63) is 68.0 Å². The maximum Gasteiger partial charge on any atom is 0.475 e. The molecule has 0 saturated carbocycles. The number of aliphatic hydroxyl groups excluding tert-OH is 2. The van der Waals surface area contributed by atoms with Gasteiger partial charge in [-0.3, -0.25) is 27.9 Å². The van der Waals surface area contributed by atoms with E-state index >= 15 is 0 Å². The van der Waals surface area contributed by atoms with Crippen molar-refractivity contribution in [1.82, 2.24) is 9.55 Å². The van der Waals surface area contributed by atoms with Gasteiger partial charge in [0, 0.05) is 23.7 Å². The highest BCUT2D eigenvalue weighted by molar-refractivity contribution is 7.48. The summed E-state index contributed by atoms with van der Waals surface area (Å²) >= 11 is 6.00. The number of rotatable bonds is 5. The van der Waals surface area contributed by atoms with Crippen LogP contribution in [0, 0.1) is 0 Å². The van der Waals surface area contributed by atoms with Gasteiger partial charge in [0.1, 0.15) is 18.3 Å². The van der Waals surface area contributed by atoms with Crippen molar-refractivity contribution < 1.29 is 33.1 Å². The first-order valence-corrected chi connectivity index (χ1v) is 11.3. The van der Waals surface area contributed by atoms with Crippen LogP contribution in [0.4, 0.5) is 0 Å². The summed E-state index contributed by atoms with van der Waals surface area (Å²) in [6.45, 7) is -0.326. The molecule has 11 nitrogen and oxygen atoms in total.